The van der Waals surface area contributed by atoms with Gasteiger partial charge >= 0.3 is 0 Å². The van der Waals surface area contributed by atoms with Crippen molar-refractivity contribution in [2.75, 3.05) is 11.5 Å². The molecule has 0 rings (SSSR count). The predicted molar refractivity (Wildman–Crippen MR) is 49.6 cm³/mol. The van der Waals surface area contributed by atoms with Gasteiger partial charge in [0.2, 0.25) is 0 Å². The maximum atomic E-state index is 8.05. The van der Waals surface area contributed by atoms with Gasteiger partial charge in [-0.2, -0.15) is 11.8 Å². The van der Waals surface area contributed by atoms with Crippen LogP contribution in [0.4, 0.5) is 0 Å². The molecule has 0 fully saturated rings. The number of thiocarbonyl (C=S) groups is 1. The Labute approximate surface area is 69.8 Å². The van der Waals surface area contributed by atoms with Gasteiger partial charge in [-0.15, -0.1) is 0 Å². The van der Waals surface area contributed by atoms with Crippen LogP contribution in [-0.4, -0.2) is 22.9 Å². The quantitative estimate of drug-likeness (QED) is 0.279. The Morgan fingerprint density at radius 3 is 3.00 bits per heavy atom. The maximum Gasteiger partial charge on any atom is 0.0748 e. The van der Waals surface area contributed by atoms with Crippen LogP contribution < -0.4 is 0 Å². The van der Waals surface area contributed by atoms with E-state index < -0.39 is 0 Å². The third kappa shape index (κ3) is 4.61. The van der Waals surface area contributed by atoms with Crippen molar-refractivity contribution in [2.24, 2.45) is 5.11 Å². The predicted octanol–water partition coefficient (Wildman–Crippen LogP) is 2.42. The Bertz CT molecular complexity index is 142. The van der Waals surface area contributed by atoms with E-state index in [-0.39, 0.29) is 6.04 Å². The molecule has 0 aromatic rings. The van der Waals surface area contributed by atoms with Gasteiger partial charge in [-0.05, 0) is 16.7 Å². The van der Waals surface area contributed by atoms with E-state index in [2.05, 4.69) is 29.2 Å². The minimum atomic E-state index is -0.120. The van der Waals surface area contributed by atoms with E-state index in [9.17, 15) is 0 Å². The highest BCUT2D eigenvalue weighted by atomic mass is 32.2. The molecule has 10 heavy (non-hydrogen) atoms. The third-order valence-corrected chi connectivity index (χ3v) is 2.15. The van der Waals surface area contributed by atoms with Gasteiger partial charge in [0, 0.05) is 10.7 Å². The second-order valence-electron chi connectivity index (χ2n) is 1.57. The zero-order valence-corrected chi connectivity index (χ0v) is 7.36. The number of thioether (sulfide) groups is 1. The first-order chi connectivity index (χ1) is 4.85. The summed E-state index contributed by atoms with van der Waals surface area (Å²) in [6.07, 6.45) is 0. The number of rotatable bonds is 5. The average molecular weight is 175 g/mol. The monoisotopic (exact) mass is 175 g/mol. The fraction of sp³-hybridized carbons (Fsp3) is 0.800. The molecule has 0 N–H and O–H groups in total. The van der Waals surface area contributed by atoms with Gasteiger partial charge in [-0.25, -0.2) is 0 Å². The van der Waals surface area contributed by atoms with E-state index in [1.54, 1.807) is 11.8 Å². The summed E-state index contributed by atoms with van der Waals surface area (Å²) in [5.74, 6) is 1.82. The molecule has 0 radical (unpaired) electrons. The molecule has 0 heterocycles. The summed E-state index contributed by atoms with van der Waals surface area (Å²) in [6, 6.07) is -0.120. The fourth-order valence-electron chi connectivity index (χ4n) is 0.405. The van der Waals surface area contributed by atoms with Crippen molar-refractivity contribution in [3.05, 3.63) is 10.4 Å². The van der Waals surface area contributed by atoms with Gasteiger partial charge in [0.05, 0.1) is 6.04 Å². The lowest BCUT2D eigenvalue weighted by Crippen LogP contribution is -2.06. The summed E-state index contributed by atoms with van der Waals surface area (Å²) in [5.41, 5.74) is 8.05. The van der Waals surface area contributed by atoms with Crippen LogP contribution in [-0.2, 0) is 0 Å². The molecule has 3 nitrogen and oxygen atoms in total. The maximum absolute atomic E-state index is 8.05. The van der Waals surface area contributed by atoms with Crippen LogP contribution in [0.25, 0.3) is 10.4 Å². The molecule has 0 aliphatic heterocycles. The molecule has 0 saturated carbocycles. The van der Waals surface area contributed by atoms with Crippen molar-refractivity contribution in [2.45, 2.75) is 13.0 Å². The van der Waals surface area contributed by atoms with E-state index >= 15 is 0 Å². The molecular weight excluding hydrogens is 166 g/mol. The molecule has 0 aliphatic rings. The zero-order chi connectivity index (χ0) is 7.82. The lowest BCUT2D eigenvalue weighted by molar-refractivity contribution is 1.00. The zero-order valence-electron chi connectivity index (χ0n) is 5.73. The van der Waals surface area contributed by atoms with Crippen LogP contribution in [0.3, 0.4) is 0 Å². The van der Waals surface area contributed by atoms with Gasteiger partial charge in [0.25, 0.3) is 0 Å². The van der Waals surface area contributed by atoms with Crippen LogP contribution in [0.2, 0.25) is 0 Å². The molecule has 0 aliphatic carbocycles. The van der Waals surface area contributed by atoms with Gasteiger partial charge in [-0.1, -0.05) is 24.3 Å². The molecule has 0 amide bonds. The third-order valence-electron chi connectivity index (χ3n) is 0.850. The van der Waals surface area contributed by atoms with Crippen molar-refractivity contribution < 1.29 is 0 Å². The van der Waals surface area contributed by atoms with E-state index in [1.165, 1.54) is 5.37 Å². The summed E-state index contributed by atoms with van der Waals surface area (Å²) in [7, 11) is 0. The lowest BCUT2D eigenvalue weighted by atomic mass is 10.4. The Morgan fingerprint density at radius 2 is 2.60 bits per heavy atom. The summed E-state index contributed by atoms with van der Waals surface area (Å²) in [6.45, 7) is 2.06. The minimum Gasteiger partial charge on any atom is -0.162 e. The smallest absolute Gasteiger partial charge is 0.0748 e. The molecule has 1 unspecified atom stereocenters. The van der Waals surface area contributed by atoms with Crippen LogP contribution in [0.1, 0.15) is 6.92 Å². The first-order valence-electron chi connectivity index (χ1n) is 2.92. The highest BCUT2D eigenvalue weighted by molar-refractivity contribution is 7.99. The van der Waals surface area contributed by atoms with Crippen LogP contribution in [0.5, 0.6) is 0 Å². The fourth-order valence-corrected chi connectivity index (χ4v) is 1.32. The lowest BCUT2D eigenvalue weighted by Gasteiger charge is -2.00. The first-order valence-corrected chi connectivity index (χ1v) is 4.55. The Kier molecular flexibility index (Phi) is 6.69. The van der Waals surface area contributed by atoms with Crippen molar-refractivity contribution in [3.63, 3.8) is 0 Å². The topological polar surface area (TPSA) is 48.8 Å². The molecular formula is C5H9N3S2. The minimum absolute atomic E-state index is 0.120. The summed E-state index contributed by atoms with van der Waals surface area (Å²) in [5, 5.41) is 4.98. The van der Waals surface area contributed by atoms with Crippen LogP contribution in [0, 0.1) is 0 Å². The van der Waals surface area contributed by atoms with Crippen molar-refractivity contribution in [3.8, 4) is 0 Å². The molecule has 5 heteroatoms. The number of azide groups is 1. The molecule has 0 aromatic heterocycles. The standard InChI is InChI=1S/C5H9N3S2/c1-2-10-4-5(3-9)7-8-6/h3,5H,2,4H2,1H3. The van der Waals surface area contributed by atoms with Gasteiger partial charge in [0.1, 0.15) is 0 Å². The van der Waals surface area contributed by atoms with E-state index in [1.807, 2.05) is 0 Å². The molecule has 0 saturated heterocycles. The first kappa shape index (κ1) is 9.75. The van der Waals surface area contributed by atoms with E-state index in [0.29, 0.717) is 0 Å². The Balaban J connectivity index is 3.60. The molecule has 1 atom stereocenters. The van der Waals surface area contributed by atoms with E-state index in [4.69, 9.17) is 5.53 Å². The second kappa shape index (κ2) is 6.86. The van der Waals surface area contributed by atoms with Crippen LogP contribution in [0.15, 0.2) is 5.11 Å². The summed E-state index contributed by atoms with van der Waals surface area (Å²) < 4.78 is 0. The molecule has 0 aromatic carbocycles. The second-order valence-corrected chi connectivity index (χ2v) is 3.16. The van der Waals surface area contributed by atoms with Gasteiger partial charge in [0.15, 0.2) is 0 Å². The number of nitrogens with zero attached hydrogens (tertiary/aromatic N) is 3. The molecule has 0 bridgehead atoms. The Morgan fingerprint density at radius 1 is 1.90 bits per heavy atom. The normalized spacial score (nSPS) is 11.7. The Hall–Kier alpha value is -0.250. The summed E-state index contributed by atoms with van der Waals surface area (Å²) in [4.78, 5) is 2.67. The number of hydrogen-bond acceptors (Lipinski definition) is 3. The van der Waals surface area contributed by atoms with Crippen molar-refractivity contribution in [1.29, 1.82) is 0 Å². The van der Waals surface area contributed by atoms with Crippen molar-refractivity contribution >= 4 is 29.3 Å². The SMILES string of the molecule is CCSCC(C=S)N=[N+]=[N-]. The van der Waals surface area contributed by atoms with Crippen molar-refractivity contribution in [1.82, 2.24) is 0 Å². The average Bonchev–Trinajstić information content (AvgIpc) is 1.98. The van der Waals surface area contributed by atoms with E-state index in [0.717, 1.165) is 11.5 Å². The highest BCUT2D eigenvalue weighted by Crippen LogP contribution is 2.03. The highest BCUT2D eigenvalue weighted by Gasteiger charge is 1.98. The molecule has 0 spiro atoms. The number of hydrogen-bond donors (Lipinski definition) is 0. The summed E-state index contributed by atoms with van der Waals surface area (Å²) >= 11 is 6.37. The largest absolute Gasteiger partial charge is 0.162 e. The van der Waals surface area contributed by atoms with Gasteiger partial charge in [-0.3, -0.25) is 0 Å². The van der Waals surface area contributed by atoms with Gasteiger partial charge < -0.3 is 0 Å². The van der Waals surface area contributed by atoms with Crippen LogP contribution >= 0.6 is 24.0 Å². The molecule has 56 valence electrons.